The molecule has 122 valence electrons. The van der Waals surface area contributed by atoms with Gasteiger partial charge in [-0.25, -0.2) is 9.59 Å². The van der Waals surface area contributed by atoms with Gasteiger partial charge in [0.05, 0.1) is 0 Å². The van der Waals surface area contributed by atoms with Crippen LogP contribution in [-0.4, -0.2) is 33.9 Å². The smallest absolute Gasteiger partial charge is 0.408 e. The zero-order chi connectivity index (χ0) is 17.1. The number of aromatic hydroxyl groups is 1. The van der Waals surface area contributed by atoms with Crippen molar-refractivity contribution in [3.63, 3.8) is 0 Å². The largest absolute Gasteiger partial charge is 0.507 e. The summed E-state index contributed by atoms with van der Waals surface area (Å²) >= 11 is 2.08. The van der Waals surface area contributed by atoms with E-state index < -0.39 is 23.7 Å². The molecule has 1 unspecified atom stereocenters. The summed E-state index contributed by atoms with van der Waals surface area (Å²) < 4.78 is 5.94. The van der Waals surface area contributed by atoms with E-state index in [1.54, 1.807) is 39.8 Å². The molecular formula is C15H20INO5. The lowest BCUT2D eigenvalue weighted by Gasteiger charge is -2.22. The molecule has 1 aromatic rings. The first-order chi connectivity index (χ1) is 9.99. The number of nitrogens with one attached hydrogen (secondary N) is 1. The van der Waals surface area contributed by atoms with Crippen LogP contribution in [-0.2, 0) is 16.0 Å². The lowest BCUT2D eigenvalue weighted by Crippen LogP contribution is -2.44. The van der Waals surface area contributed by atoms with Crippen LogP contribution >= 0.6 is 22.6 Å². The maximum atomic E-state index is 11.7. The number of amides is 1. The number of ether oxygens (including phenoxy) is 1. The summed E-state index contributed by atoms with van der Waals surface area (Å²) in [4.78, 5) is 23.1. The number of carbonyl (C=O) groups excluding carboxylic acids is 1. The number of hydrogen-bond acceptors (Lipinski definition) is 4. The van der Waals surface area contributed by atoms with Gasteiger partial charge in [-0.1, -0.05) is 0 Å². The van der Waals surface area contributed by atoms with Crippen LogP contribution in [0.25, 0.3) is 0 Å². The van der Waals surface area contributed by atoms with Crippen LogP contribution in [0.4, 0.5) is 4.79 Å². The number of aliphatic carboxylic acids is 1. The van der Waals surface area contributed by atoms with Gasteiger partial charge in [0.25, 0.3) is 0 Å². The molecule has 0 saturated carbocycles. The molecule has 0 aliphatic carbocycles. The number of carboxylic acids is 1. The van der Waals surface area contributed by atoms with Crippen LogP contribution in [0, 0.1) is 10.5 Å². The number of carbonyl (C=O) groups is 2. The van der Waals surface area contributed by atoms with Crippen molar-refractivity contribution in [3.8, 4) is 5.75 Å². The Morgan fingerprint density at radius 2 is 1.95 bits per heavy atom. The Balaban J connectivity index is 2.90. The van der Waals surface area contributed by atoms with Gasteiger partial charge in [0.2, 0.25) is 0 Å². The van der Waals surface area contributed by atoms with Crippen LogP contribution in [0.15, 0.2) is 12.1 Å². The molecule has 0 fully saturated rings. The van der Waals surface area contributed by atoms with Crippen molar-refractivity contribution in [1.82, 2.24) is 5.32 Å². The Bertz CT molecular complexity index is 580. The summed E-state index contributed by atoms with van der Waals surface area (Å²) in [6.45, 7) is 6.81. The molecular weight excluding hydrogens is 401 g/mol. The predicted octanol–water partition coefficient (Wildman–Crippen LogP) is 2.83. The van der Waals surface area contributed by atoms with E-state index in [9.17, 15) is 19.8 Å². The van der Waals surface area contributed by atoms with E-state index in [0.29, 0.717) is 11.1 Å². The molecule has 1 amide bonds. The highest BCUT2D eigenvalue weighted by Crippen LogP contribution is 2.26. The van der Waals surface area contributed by atoms with Gasteiger partial charge < -0.3 is 20.3 Å². The lowest BCUT2D eigenvalue weighted by molar-refractivity contribution is -0.139. The van der Waals surface area contributed by atoms with Crippen molar-refractivity contribution in [2.45, 2.75) is 45.8 Å². The van der Waals surface area contributed by atoms with E-state index >= 15 is 0 Å². The van der Waals surface area contributed by atoms with Gasteiger partial charge in [-0.3, -0.25) is 0 Å². The fraction of sp³-hybridized carbons (Fsp3) is 0.467. The van der Waals surface area contributed by atoms with Gasteiger partial charge in [-0.15, -0.1) is 0 Å². The molecule has 0 spiro atoms. The van der Waals surface area contributed by atoms with Crippen molar-refractivity contribution >= 4 is 34.7 Å². The van der Waals surface area contributed by atoms with E-state index in [1.165, 1.54) is 0 Å². The summed E-state index contributed by atoms with van der Waals surface area (Å²) in [7, 11) is 0. The molecule has 0 radical (unpaired) electrons. The minimum absolute atomic E-state index is 0.0297. The number of phenols is 1. The van der Waals surface area contributed by atoms with Crippen LogP contribution < -0.4 is 5.32 Å². The molecule has 6 nitrogen and oxygen atoms in total. The minimum atomic E-state index is -1.19. The van der Waals surface area contributed by atoms with Crippen molar-refractivity contribution in [3.05, 3.63) is 26.8 Å². The first-order valence-corrected chi connectivity index (χ1v) is 7.78. The first-order valence-electron chi connectivity index (χ1n) is 6.70. The van der Waals surface area contributed by atoms with Crippen LogP contribution in [0.1, 0.15) is 31.9 Å². The van der Waals surface area contributed by atoms with Gasteiger partial charge >= 0.3 is 12.1 Å². The normalized spacial score (nSPS) is 12.6. The number of carboxylic acid groups (broad SMARTS) is 1. The molecule has 0 saturated heterocycles. The van der Waals surface area contributed by atoms with Crippen LogP contribution in [0.3, 0.4) is 0 Å². The molecule has 0 aliphatic rings. The van der Waals surface area contributed by atoms with Gasteiger partial charge in [-0.05, 0) is 73.5 Å². The number of halogens is 1. The Hall–Kier alpha value is -1.51. The maximum absolute atomic E-state index is 11.7. The first kappa shape index (κ1) is 18.5. The van der Waals surface area contributed by atoms with Gasteiger partial charge in [0.15, 0.2) is 0 Å². The predicted molar refractivity (Wildman–Crippen MR) is 90.1 cm³/mol. The average Bonchev–Trinajstić information content (AvgIpc) is 2.31. The number of phenolic OH excluding ortho intramolecular Hbond substituents is 1. The second-order valence-corrected chi connectivity index (χ2v) is 7.22. The van der Waals surface area contributed by atoms with E-state index in [2.05, 4.69) is 27.9 Å². The van der Waals surface area contributed by atoms with Gasteiger partial charge in [0.1, 0.15) is 17.4 Å². The average molecular weight is 421 g/mol. The van der Waals surface area contributed by atoms with Crippen molar-refractivity contribution in [2.75, 3.05) is 0 Å². The Morgan fingerprint density at radius 1 is 1.36 bits per heavy atom. The lowest BCUT2D eigenvalue weighted by atomic mass is 10.0. The SMILES string of the molecule is Cc1cc(I)cc(CC(NC(=O)OC(C)(C)C)C(=O)O)c1O. The third-order valence-electron chi connectivity index (χ3n) is 2.76. The quantitative estimate of drug-likeness (QED) is 0.650. The maximum Gasteiger partial charge on any atom is 0.408 e. The summed E-state index contributed by atoms with van der Waals surface area (Å²) in [5.41, 5.74) is 0.407. The minimum Gasteiger partial charge on any atom is -0.507 e. The third kappa shape index (κ3) is 5.70. The van der Waals surface area contributed by atoms with Crippen LogP contribution in [0.5, 0.6) is 5.75 Å². The van der Waals surface area contributed by atoms with E-state index in [0.717, 1.165) is 3.57 Å². The zero-order valence-corrected chi connectivity index (χ0v) is 15.1. The molecule has 1 aromatic carbocycles. The Morgan fingerprint density at radius 3 is 2.45 bits per heavy atom. The van der Waals surface area contributed by atoms with E-state index in [-0.39, 0.29) is 12.2 Å². The molecule has 3 N–H and O–H groups in total. The molecule has 0 heterocycles. The Labute approximate surface area is 143 Å². The molecule has 22 heavy (non-hydrogen) atoms. The van der Waals surface area contributed by atoms with Gasteiger partial charge in [0, 0.05) is 9.99 Å². The fourth-order valence-electron chi connectivity index (χ4n) is 1.83. The second kappa shape index (κ2) is 7.17. The number of alkyl carbamates (subject to hydrolysis) is 1. The summed E-state index contributed by atoms with van der Waals surface area (Å²) in [6.07, 6.45) is -0.834. The molecule has 1 rings (SSSR count). The molecule has 0 aromatic heterocycles. The second-order valence-electron chi connectivity index (χ2n) is 5.97. The number of benzene rings is 1. The topological polar surface area (TPSA) is 95.9 Å². The third-order valence-corrected chi connectivity index (χ3v) is 3.38. The highest BCUT2D eigenvalue weighted by atomic mass is 127. The zero-order valence-electron chi connectivity index (χ0n) is 12.9. The van der Waals surface area contributed by atoms with Crippen molar-refractivity contribution in [1.29, 1.82) is 0 Å². The monoisotopic (exact) mass is 421 g/mol. The van der Waals surface area contributed by atoms with Gasteiger partial charge in [-0.2, -0.15) is 0 Å². The highest BCUT2D eigenvalue weighted by molar-refractivity contribution is 14.1. The van der Waals surface area contributed by atoms with E-state index in [1.807, 2.05) is 0 Å². The van der Waals surface area contributed by atoms with E-state index in [4.69, 9.17) is 4.74 Å². The summed E-state index contributed by atoms with van der Waals surface area (Å²) in [5.74, 6) is -1.15. The fourth-order valence-corrected chi connectivity index (χ4v) is 2.67. The van der Waals surface area contributed by atoms with Crippen molar-refractivity contribution in [2.24, 2.45) is 0 Å². The standard InChI is InChI=1S/C15H20INO5/c1-8-5-10(16)6-9(12(8)18)7-11(13(19)20)17-14(21)22-15(2,3)4/h5-6,11,18H,7H2,1-4H3,(H,17,21)(H,19,20). The molecule has 1 atom stereocenters. The molecule has 0 aliphatic heterocycles. The number of rotatable bonds is 4. The summed E-state index contributed by atoms with van der Waals surface area (Å²) in [5, 5.41) is 21.6. The van der Waals surface area contributed by atoms with Crippen LogP contribution in [0.2, 0.25) is 0 Å². The highest BCUT2D eigenvalue weighted by Gasteiger charge is 2.25. The Kier molecular flexibility index (Phi) is 6.04. The molecule has 7 heteroatoms. The number of aryl methyl sites for hydroxylation is 1. The summed E-state index contributed by atoms with van der Waals surface area (Å²) in [6, 6.07) is 2.30. The van der Waals surface area contributed by atoms with Crippen molar-refractivity contribution < 1.29 is 24.5 Å². The number of hydrogen-bond donors (Lipinski definition) is 3. The molecule has 0 bridgehead atoms.